The van der Waals surface area contributed by atoms with Gasteiger partial charge in [0.25, 0.3) is 0 Å². The summed E-state index contributed by atoms with van der Waals surface area (Å²) in [5, 5.41) is 0.655. The van der Waals surface area contributed by atoms with Gasteiger partial charge in [-0.3, -0.25) is 4.79 Å². The first-order valence-corrected chi connectivity index (χ1v) is 3.68. The molecule has 0 aliphatic rings. The van der Waals surface area contributed by atoms with Crippen LogP contribution in [0.25, 0.3) is 0 Å². The van der Waals surface area contributed by atoms with Crippen molar-refractivity contribution in [1.29, 1.82) is 0 Å². The Balaban J connectivity index is 3.08. The molecule has 1 rings (SSSR count). The van der Waals surface area contributed by atoms with Gasteiger partial charge in [0.1, 0.15) is 0 Å². The molecule has 0 saturated carbocycles. The number of rotatable bonds is 1. The molecule has 0 radical (unpaired) electrons. The molecule has 0 amide bonds. The zero-order chi connectivity index (χ0) is 6.69. The van der Waals surface area contributed by atoms with E-state index in [2.05, 4.69) is 0 Å². The molecule has 0 N–H and O–H groups in total. The van der Waals surface area contributed by atoms with E-state index in [4.69, 9.17) is 4.42 Å². The van der Waals surface area contributed by atoms with E-state index in [9.17, 15) is 4.79 Å². The maximum absolute atomic E-state index is 10.6. The maximum atomic E-state index is 10.6. The Morgan fingerprint density at radius 2 is 2.44 bits per heavy atom. The third-order valence-corrected chi connectivity index (χ3v) is 1.49. The topological polar surface area (TPSA) is 30.2 Å². The van der Waals surface area contributed by atoms with Gasteiger partial charge in [0.15, 0.2) is 10.5 Å². The zero-order valence-electron chi connectivity index (χ0n) is 4.96. The van der Waals surface area contributed by atoms with Crippen molar-refractivity contribution in [1.82, 2.24) is 0 Å². The fourth-order valence-corrected chi connectivity index (χ4v) is 0.859. The first-order chi connectivity index (χ1) is 4.33. The van der Waals surface area contributed by atoms with Crippen LogP contribution < -0.4 is 5.43 Å². The van der Waals surface area contributed by atoms with Gasteiger partial charge in [-0.25, -0.2) is 0 Å². The summed E-state index contributed by atoms with van der Waals surface area (Å²) in [6, 6.07) is 2.85. The molecule has 0 bridgehead atoms. The highest BCUT2D eigenvalue weighted by Crippen LogP contribution is 2.09. The second-order valence-electron chi connectivity index (χ2n) is 1.49. The summed E-state index contributed by atoms with van der Waals surface area (Å²) in [4.78, 5) is 10.6. The molecule has 0 spiro atoms. The standard InChI is InChI=1S/C6H6O2S/c1-9-6-4-5(7)2-3-8-6/h2-4H,1H3. The van der Waals surface area contributed by atoms with Crippen molar-refractivity contribution in [3.05, 3.63) is 28.6 Å². The Labute approximate surface area is 56.9 Å². The predicted octanol–water partition coefficient (Wildman–Crippen LogP) is 1.36. The zero-order valence-corrected chi connectivity index (χ0v) is 5.77. The van der Waals surface area contributed by atoms with Gasteiger partial charge in [-0.15, -0.1) is 0 Å². The van der Waals surface area contributed by atoms with Gasteiger partial charge >= 0.3 is 0 Å². The Morgan fingerprint density at radius 3 is 2.89 bits per heavy atom. The molecular formula is C6H6O2S. The Morgan fingerprint density at radius 1 is 1.67 bits per heavy atom. The van der Waals surface area contributed by atoms with Crippen molar-refractivity contribution in [2.45, 2.75) is 5.09 Å². The van der Waals surface area contributed by atoms with Crippen LogP contribution in [0.1, 0.15) is 0 Å². The summed E-state index contributed by atoms with van der Waals surface area (Å²) in [5.74, 6) is 0. The lowest BCUT2D eigenvalue weighted by Gasteiger charge is -1.88. The largest absolute Gasteiger partial charge is 0.458 e. The summed E-state index contributed by atoms with van der Waals surface area (Å²) in [6.07, 6.45) is 3.26. The molecule has 0 aliphatic carbocycles. The molecule has 9 heavy (non-hydrogen) atoms. The summed E-state index contributed by atoms with van der Waals surface area (Å²) in [5.41, 5.74) is -0.00870. The Bertz CT molecular complexity index is 241. The minimum atomic E-state index is -0.00870. The normalized spacial score (nSPS) is 9.44. The van der Waals surface area contributed by atoms with Crippen LogP contribution in [0.5, 0.6) is 0 Å². The minimum absolute atomic E-state index is 0.00870. The fourth-order valence-electron chi connectivity index (χ4n) is 0.473. The monoisotopic (exact) mass is 142 g/mol. The van der Waals surface area contributed by atoms with E-state index in [1.807, 2.05) is 6.26 Å². The predicted molar refractivity (Wildman–Crippen MR) is 36.8 cm³/mol. The summed E-state index contributed by atoms with van der Waals surface area (Å²) < 4.78 is 4.92. The van der Waals surface area contributed by atoms with Crippen molar-refractivity contribution in [2.24, 2.45) is 0 Å². The average Bonchev–Trinajstić information content (AvgIpc) is 1.88. The van der Waals surface area contributed by atoms with E-state index < -0.39 is 0 Å². The highest BCUT2D eigenvalue weighted by atomic mass is 32.2. The molecule has 0 aromatic carbocycles. The first-order valence-electron chi connectivity index (χ1n) is 2.46. The number of hydrogen-bond acceptors (Lipinski definition) is 3. The Kier molecular flexibility index (Phi) is 1.95. The molecule has 0 fully saturated rings. The van der Waals surface area contributed by atoms with Crippen LogP contribution in [0.2, 0.25) is 0 Å². The molecule has 2 nitrogen and oxygen atoms in total. The van der Waals surface area contributed by atoms with E-state index in [-0.39, 0.29) is 5.43 Å². The second kappa shape index (κ2) is 2.73. The lowest BCUT2D eigenvalue weighted by Crippen LogP contribution is -1.93. The van der Waals surface area contributed by atoms with Crippen molar-refractivity contribution in [2.75, 3.05) is 6.26 Å². The van der Waals surface area contributed by atoms with Gasteiger partial charge in [-0.05, 0) is 6.26 Å². The Hall–Kier alpha value is -0.700. The second-order valence-corrected chi connectivity index (χ2v) is 2.30. The van der Waals surface area contributed by atoms with Gasteiger partial charge in [-0.1, -0.05) is 11.8 Å². The van der Waals surface area contributed by atoms with Crippen molar-refractivity contribution in [3.8, 4) is 0 Å². The highest BCUT2D eigenvalue weighted by Gasteiger charge is 1.89. The molecule has 1 aromatic heterocycles. The van der Waals surface area contributed by atoms with E-state index in [1.54, 1.807) is 0 Å². The minimum Gasteiger partial charge on any atom is -0.458 e. The molecule has 0 aliphatic heterocycles. The third kappa shape index (κ3) is 1.61. The van der Waals surface area contributed by atoms with Crippen LogP contribution in [-0.4, -0.2) is 6.26 Å². The lowest BCUT2D eigenvalue weighted by molar-refractivity contribution is 0.453. The summed E-state index contributed by atoms with van der Waals surface area (Å²) in [6.45, 7) is 0. The van der Waals surface area contributed by atoms with Crippen LogP contribution >= 0.6 is 11.8 Å². The van der Waals surface area contributed by atoms with E-state index in [1.165, 1.54) is 30.2 Å². The summed E-state index contributed by atoms with van der Waals surface area (Å²) in [7, 11) is 0. The third-order valence-electron chi connectivity index (χ3n) is 0.878. The number of thioether (sulfide) groups is 1. The van der Waals surface area contributed by atoms with Crippen LogP contribution in [-0.2, 0) is 0 Å². The quantitative estimate of drug-likeness (QED) is 0.554. The van der Waals surface area contributed by atoms with Gasteiger partial charge in [0.2, 0.25) is 0 Å². The van der Waals surface area contributed by atoms with Crippen LogP contribution in [0.3, 0.4) is 0 Å². The smallest absolute Gasteiger partial charge is 0.185 e. The van der Waals surface area contributed by atoms with E-state index >= 15 is 0 Å². The molecule has 48 valence electrons. The molecule has 0 atom stereocenters. The molecule has 1 heterocycles. The molecule has 0 saturated heterocycles. The van der Waals surface area contributed by atoms with Crippen LogP contribution in [0.4, 0.5) is 0 Å². The number of hydrogen-bond donors (Lipinski definition) is 0. The maximum Gasteiger partial charge on any atom is 0.185 e. The van der Waals surface area contributed by atoms with Crippen LogP contribution in [0, 0.1) is 0 Å². The van der Waals surface area contributed by atoms with Gasteiger partial charge in [0.05, 0.1) is 6.26 Å². The van der Waals surface area contributed by atoms with Crippen molar-refractivity contribution in [3.63, 3.8) is 0 Å². The molecule has 0 unspecified atom stereocenters. The van der Waals surface area contributed by atoms with E-state index in [0.29, 0.717) is 5.09 Å². The van der Waals surface area contributed by atoms with Gasteiger partial charge in [-0.2, -0.15) is 0 Å². The van der Waals surface area contributed by atoms with Crippen molar-refractivity contribution >= 4 is 11.8 Å². The van der Waals surface area contributed by atoms with Crippen molar-refractivity contribution < 1.29 is 4.42 Å². The molecule has 3 heteroatoms. The molecular weight excluding hydrogens is 136 g/mol. The van der Waals surface area contributed by atoms with Gasteiger partial charge in [0, 0.05) is 12.1 Å². The van der Waals surface area contributed by atoms with Gasteiger partial charge < -0.3 is 4.42 Å². The fraction of sp³-hybridized carbons (Fsp3) is 0.167. The average molecular weight is 142 g/mol. The summed E-state index contributed by atoms with van der Waals surface area (Å²) >= 11 is 1.42. The van der Waals surface area contributed by atoms with Crippen LogP contribution in [0.15, 0.2) is 32.7 Å². The highest BCUT2D eigenvalue weighted by molar-refractivity contribution is 7.98. The lowest BCUT2D eigenvalue weighted by atomic mass is 10.5. The molecule has 1 aromatic rings. The first kappa shape index (κ1) is 6.42. The van der Waals surface area contributed by atoms with E-state index in [0.717, 1.165) is 0 Å². The SMILES string of the molecule is CSc1cc(=O)cco1.